The third kappa shape index (κ3) is 8.00. The van der Waals surface area contributed by atoms with Crippen LogP contribution in [0.2, 0.25) is 0 Å². The first-order valence-electron chi connectivity index (χ1n) is 5.07. The largest absolute Gasteiger partial charge is 0.385 e. The molecule has 0 saturated carbocycles. The predicted molar refractivity (Wildman–Crippen MR) is 58.0 cm³/mol. The van der Waals surface area contributed by atoms with Crippen LogP contribution in [0.15, 0.2) is 12.2 Å². The Bertz CT molecular complexity index is 134. The van der Waals surface area contributed by atoms with Gasteiger partial charge in [0.2, 0.25) is 0 Å². The van der Waals surface area contributed by atoms with E-state index in [4.69, 9.17) is 4.74 Å². The van der Waals surface area contributed by atoms with Crippen molar-refractivity contribution in [3.05, 3.63) is 12.2 Å². The van der Waals surface area contributed by atoms with Crippen molar-refractivity contribution in [3.8, 4) is 0 Å². The van der Waals surface area contributed by atoms with Gasteiger partial charge in [-0.2, -0.15) is 0 Å². The van der Waals surface area contributed by atoms with E-state index in [0.29, 0.717) is 6.04 Å². The highest BCUT2D eigenvalue weighted by atomic mass is 16.5. The molecule has 0 amide bonds. The maximum atomic E-state index is 5.03. The van der Waals surface area contributed by atoms with Crippen LogP contribution in [0, 0.1) is 0 Å². The molecule has 1 unspecified atom stereocenters. The van der Waals surface area contributed by atoms with Crippen LogP contribution in [-0.2, 0) is 4.74 Å². The molecular weight excluding hydrogens is 162 g/mol. The Balaban J connectivity index is 3.59. The molecule has 2 nitrogen and oxygen atoms in total. The summed E-state index contributed by atoms with van der Waals surface area (Å²) in [4.78, 5) is 0. The van der Waals surface area contributed by atoms with Gasteiger partial charge < -0.3 is 10.1 Å². The Kier molecular flexibility index (Phi) is 8.05. The Morgan fingerprint density at radius 3 is 2.69 bits per heavy atom. The van der Waals surface area contributed by atoms with Crippen molar-refractivity contribution in [2.75, 3.05) is 20.3 Å². The van der Waals surface area contributed by atoms with Crippen molar-refractivity contribution >= 4 is 0 Å². The van der Waals surface area contributed by atoms with Crippen LogP contribution in [0.1, 0.15) is 33.1 Å². The fraction of sp³-hybridized carbons (Fsp3) is 0.818. The number of methoxy groups -OCH3 is 1. The molecule has 0 aromatic heterocycles. The van der Waals surface area contributed by atoms with Crippen molar-refractivity contribution in [1.29, 1.82) is 0 Å². The minimum Gasteiger partial charge on any atom is -0.385 e. The molecule has 0 aliphatic rings. The summed E-state index contributed by atoms with van der Waals surface area (Å²) in [5, 5.41) is 3.46. The molecule has 78 valence electrons. The van der Waals surface area contributed by atoms with E-state index in [0.717, 1.165) is 26.0 Å². The van der Waals surface area contributed by atoms with Gasteiger partial charge in [0, 0.05) is 19.8 Å². The van der Waals surface area contributed by atoms with Gasteiger partial charge in [0.25, 0.3) is 0 Å². The van der Waals surface area contributed by atoms with E-state index in [9.17, 15) is 0 Å². The lowest BCUT2D eigenvalue weighted by atomic mass is 10.0. The first kappa shape index (κ1) is 12.7. The normalized spacial score (nSPS) is 12.8. The molecule has 2 heteroatoms. The molecule has 0 aromatic rings. The summed E-state index contributed by atoms with van der Waals surface area (Å²) in [7, 11) is 1.75. The molecule has 0 bridgehead atoms. The maximum absolute atomic E-state index is 5.03. The molecular formula is C11H23NO. The lowest BCUT2D eigenvalue weighted by Gasteiger charge is -2.17. The van der Waals surface area contributed by atoms with E-state index in [-0.39, 0.29) is 0 Å². The third-order valence-corrected chi connectivity index (χ3v) is 1.99. The van der Waals surface area contributed by atoms with Gasteiger partial charge in [-0.05, 0) is 32.7 Å². The fourth-order valence-electron chi connectivity index (χ4n) is 1.46. The van der Waals surface area contributed by atoms with E-state index >= 15 is 0 Å². The van der Waals surface area contributed by atoms with Crippen LogP contribution in [0.4, 0.5) is 0 Å². The van der Waals surface area contributed by atoms with Crippen molar-refractivity contribution in [1.82, 2.24) is 5.32 Å². The molecule has 0 saturated heterocycles. The van der Waals surface area contributed by atoms with Crippen molar-refractivity contribution in [2.24, 2.45) is 0 Å². The average molecular weight is 185 g/mol. The summed E-state index contributed by atoms with van der Waals surface area (Å²) >= 11 is 0. The number of hydrogen-bond donors (Lipinski definition) is 1. The number of nitrogens with one attached hydrogen (secondary N) is 1. The lowest BCUT2D eigenvalue weighted by molar-refractivity contribution is 0.188. The summed E-state index contributed by atoms with van der Waals surface area (Å²) in [6, 6.07) is 0.581. The molecule has 13 heavy (non-hydrogen) atoms. The summed E-state index contributed by atoms with van der Waals surface area (Å²) in [5.41, 5.74) is 1.25. The molecule has 1 atom stereocenters. The van der Waals surface area contributed by atoms with Gasteiger partial charge in [0.05, 0.1) is 0 Å². The van der Waals surface area contributed by atoms with Crippen LogP contribution >= 0.6 is 0 Å². The predicted octanol–water partition coefficient (Wildman–Crippen LogP) is 2.36. The summed E-state index contributed by atoms with van der Waals surface area (Å²) < 4.78 is 5.03. The smallest absolute Gasteiger partial charge is 0.0462 e. The van der Waals surface area contributed by atoms with E-state index in [2.05, 4.69) is 25.7 Å². The maximum Gasteiger partial charge on any atom is 0.0462 e. The van der Waals surface area contributed by atoms with Gasteiger partial charge in [-0.1, -0.05) is 12.5 Å². The highest BCUT2D eigenvalue weighted by molar-refractivity contribution is 4.92. The second-order valence-electron chi connectivity index (χ2n) is 3.55. The van der Waals surface area contributed by atoms with Crippen LogP contribution in [0.5, 0.6) is 0 Å². The molecule has 0 spiro atoms. The lowest BCUT2D eigenvalue weighted by Crippen LogP contribution is -2.29. The zero-order chi connectivity index (χ0) is 10.1. The standard InChI is InChI=1S/C11H23NO/c1-5-12-11(9-10(2)3)7-6-8-13-4/h11-12H,2,5-9H2,1,3-4H3. The molecule has 1 N–H and O–H groups in total. The quantitative estimate of drug-likeness (QED) is 0.463. The summed E-state index contributed by atoms with van der Waals surface area (Å²) in [6.07, 6.45) is 3.38. The van der Waals surface area contributed by atoms with Crippen LogP contribution < -0.4 is 5.32 Å². The molecule has 0 heterocycles. The monoisotopic (exact) mass is 185 g/mol. The van der Waals surface area contributed by atoms with E-state index in [1.54, 1.807) is 7.11 Å². The van der Waals surface area contributed by atoms with E-state index in [1.165, 1.54) is 12.0 Å². The van der Waals surface area contributed by atoms with E-state index < -0.39 is 0 Å². The van der Waals surface area contributed by atoms with Crippen molar-refractivity contribution in [3.63, 3.8) is 0 Å². The van der Waals surface area contributed by atoms with Crippen LogP contribution in [0.3, 0.4) is 0 Å². The highest BCUT2D eigenvalue weighted by Gasteiger charge is 2.06. The van der Waals surface area contributed by atoms with Gasteiger partial charge >= 0.3 is 0 Å². The molecule has 0 aliphatic carbocycles. The van der Waals surface area contributed by atoms with Crippen LogP contribution in [-0.4, -0.2) is 26.3 Å². The molecule has 0 fully saturated rings. The number of rotatable bonds is 8. The Morgan fingerprint density at radius 2 is 2.23 bits per heavy atom. The molecule has 0 radical (unpaired) electrons. The second kappa shape index (κ2) is 8.27. The Hall–Kier alpha value is -0.340. The zero-order valence-electron chi connectivity index (χ0n) is 9.23. The topological polar surface area (TPSA) is 21.3 Å². The Morgan fingerprint density at radius 1 is 1.54 bits per heavy atom. The van der Waals surface area contributed by atoms with Gasteiger partial charge in [0.15, 0.2) is 0 Å². The van der Waals surface area contributed by atoms with E-state index in [1.807, 2.05) is 0 Å². The summed E-state index contributed by atoms with van der Waals surface area (Å²) in [5.74, 6) is 0. The van der Waals surface area contributed by atoms with Crippen LogP contribution in [0.25, 0.3) is 0 Å². The summed E-state index contributed by atoms with van der Waals surface area (Å²) in [6.45, 7) is 10.1. The SMILES string of the molecule is C=C(C)CC(CCCOC)NCC. The highest BCUT2D eigenvalue weighted by Crippen LogP contribution is 2.07. The van der Waals surface area contributed by atoms with Gasteiger partial charge in [-0.3, -0.25) is 0 Å². The van der Waals surface area contributed by atoms with Gasteiger partial charge in [-0.25, -0.2) is 0 Å². The van der Waals surface area contributed by atoms with Gasteiger partial charge in [-0.15, -0.1) is 6.58 Å². The molecule has 0 aliphatic heterocycles. The fourth-order valence-corrected chi connectivity index (χ4v) is 1.46. The first-order valence-corrected chi connectivity index (χ1v) is 5.07. The van der Waals surface area contributed by atoms with Crippen molar-refractivity contribution < 1.29 is 4.74 Å². The van der Waals surface area contributed by atoms with Crippen molar-refractivity contribution in [2.45, 2.75) is 39.2 Å². The number of ether oxygens (including phenoxy) is 1. The Labute approximate surface area is 82.4 Å². The third-order valence-electron chi connectivity index (χ3n) is 1.99. The average Bonchev–Trinajstić information content (AvgIpc) is 2.04. The first-order chi connectivity index (χ1) is 6.20. The number of hydrogen-bond acceptors (Lipinski definition) is 2. The molecule has 0 rings (SSSR count). The minimum atomic E-state index is 0.581. The minimum absolute atomic E-state index is 0.581. The van der Waals surface area contributed by atoms with Gasteiger partial charge in [0.1, 0.15) is 0 Å². The zero-order valence-corrected chi connectivity index (χ0v) is 9.23. The second-order valence-corrected chi connectivity index (χ2v) is 3.55. The molecule has 0 aromatic carbocycles.